The fourth-order valence-corrected chi connectivity index (χ4v) is 6.70. The van der Waals surface area contributed by atoms with Crippen LogP contribution in [-0.4, -0.2) is 82.2 Å². The van der Waals surface area contributed by atoms with Crippen molar-refractivity contribution < 1.29 is 42.9 Å². The zero-order valence-corrected chi connectivity index (χ0v) is 22.8. The summed E-state index contributed by atoms with van der Waals surface area (Å²) in [4.78, 5) is 49.1. The van der Waals surface area contributed by atoms with Crippen molar-refractivity contribution in [2.75, 3.05) is 12.4 Å². The molecule has 3 rings (SSSR count). The van der Waals surface area contributed by atoms with Crippen molar-refractivity contribution in [1.82, 2.24) is 14.9 Å². The largest absolute Gasteiger partial charge is 0.480 e. The molecule has 0 radical (unpaired) electrons. The number of thioether (sulfide) groups is 1. The molecule has 1 fully saturated rings. The van der Waals surface area contributed by atoms with Gasteiger partial charge in [-0.1, -0.05) is 32.9 Å². The van der Waals surface area contributed by atoms with Gasteiger partial charge in [-0.05, 0) is 41.5 Å². The van der Waals surface area contributed by atoms with Crippen LogP contribution >= 0.6 is 11.8 Å². The molecule has 1 aromatic carbocycles. The number of nitrogens with one attached hydrogen (secondary N) is 2. The lowest BCUT2D eigenvalue weighted by Gasteiger charge is -2.49. The monoisotopic (exact) mass is 569 g/mol. The van der Waals surface area contributed by atoms with Crippen LogP contribution in [0.15, 0.2) is 40.4 Å². The summed E-state index contributed by atoms with van der Waals surface area (Å²) >= 11 is 1.21. The van der Waals surface area contributed by atoms with E-state index in [-0.39, 0.29) is 46.6 Å². The van der Waals surface area contributed by atoms with E-state index >= 15 is 0 Å². The van der Waals surface area contributed by atoms with Gasteiger partial charge in [-0.2, -0.15) is 4.72 Å². The van der Waals surface area contributed by atoms with E-state index in [1.807, 2.05) is 20.8 Å². The molecule has 2 amide bonds. The number of aliphatic hydroxyl groups excluding tert-OH is 1. The molecule has 2 aliphatic heterocycles. The first-order chi connectivity index (χ1) is 17.7. The molecule has 38 heavy (non-hydrogen) atoms. The van der Waals surface area contributed by atoms with Gasteiger partial charge in [-0.3, -0.25) is 19.3 Å². The number of amides is 2. The molecule has 3 atom stereocenters. The van der Waals surface area contributed by atoms with Crippen LogP contribution < -0.4 is 10.0 Å². The van der Waals surface area contributed by atoms with Gasteiger partial charge in [0.2, 0.25) is 15.9 Å². The quantitative estimate of drug-likeness (QED) is 0.236. The van der Waals surface area contributed by atoms with Gasteiger partial charge in [0.15, 0.2) is 0 Å². The smallest absolute Gasteiger partial charge is 0.352 e. The van der Waals surface area contributed by atoms with Gasteiger partial charge in [0.25, 0.3) is 5.91 Å². The molecule has 5 N–H and O–H groups in total. The zero-order chi connectivity index (χ0) is 28.4. The minimum Gasteiger partial charge on any atom is -0.480 e. The molecule has 2 heterocycles. The van der Waals surface area contributed by atoms with Gasteiger partial charge in [0.05, 0.1) is 11.5 Å². The van der Waals surface area contributed by atoms with Gasteiger partial charge in [-0.15, -0.1) is 11.8 Å². The highest BCUT2D eigenvalue weighted by Gasteiger charge is 2.54. The van der Waals surface area contributed by atoms with Crippen molar-refractivity contribution in [2.45, 2.75) is 67.8 Å². The predicted octanol–water partition coefficient (Wildman–Crippen LogP) is 0.617. The van der Waals surface area contributed by atoms with Crippen LogP contribution in [0.2, 0.25) is 0 Å². The predicted molar refractivity (Wildman–Crippen MR) is 138 cm³/mol. The van der Waals surface area contributed by atoms with E-state index in [1.54, 1.807) is 12.1 Å². The fraction of sp³-hybridized carbons (Fsp3) is 0.500. The van der Waals surface area contributed by atoms with Crippen LogP contribution in [0.5, 0.6) is 0 Å². The summed E-state index contributed by atoms with van der Waals surface area (Å²) in [5, 5.41) is 30.2. The van der Waals surface area contributed by atoms with Crippen LogP contribution in [0.25, 0.3) is 0 Å². The van der Waals surface area contributed by atoms with Crippen molar-refractivity contribution >= 4 is 45.5 Å². The molecule has 14 heteroatoms. The molecule has 0 aromatic heterocycles. The molecule has 1 unspecified atom stereocenters. The third-order valence-electron chi connectivity index (χ3n) is 6.28. The highest BCUT2D eigenvalue weighted by Crippen LogP contribution is 2.40. The number of carbonyl (C=O) groups is 4. The lowest BCUT2D eigenvalue weighted by Crippen LogP contribution is -2.70. The Labute approximate surface area is 224 Å². The first-order valence-corrected chi connectivity index (χ1v) is 14.4. The third-order valence-corrected chi connectivity index (χ3v) is 9.11. The minimum absolute atomic E-state index is 0.0195. The summed E-state index contributed by atoms with van der Waals surface area (Å²) < 4.78 is 27.6. The maximum absolute atomic E-state index is 12.7. The number of rotatable bonds is 11. The molecule has 0 aliphatic carbocycles. The first kappa shape index (κ1) is 29.6. The third kappa shape index (κ3) is 6.37. The van der Waals surface area contributed by atoms with Gasteiger partial charge >= 0.3 is 11.9 Å². The maximum Gasteiger partial charge on any atom is 0.352 e. The Bertz CT molecular complexity index is 1250. The van der Waals surface area contributed by atoms with Crippen molar-refractivity contribution in [2.24, 2.45) is 0 Å². The normalized spacial score (nSPS) is 20.4. The van der Waals surface area contributed by atoms with Crippen LogP contribution in [0.3, 0.4) is 0 Å². The van der Waals surface area contributed by atoms with E-state index in [4.69, 9.17) is 0 Å². The molecule has 0 bridgehead atoms. The zero-order valence-electron chi connectivity index (χ0n) is 21.1. The molecule has 1 aromatic rings. The number of β-lactam (4-membered cyclic amide) rings is 1. The molecule has 1 saturated heterocycles. The number of carboxylic acids is 2. The Balaban J connectivity index is 1.55. The minimum atomic E-state index is -4.13. The molecular formula is C24H31N3O9S2. The van der Waals surface area contributed by atoms with Gasteiger partial charge in [0, 0.05) is 12.2 Å². The topological polar surface area (TPSA) is 190 Å². The van der Waals surface area contributed by atoms with Crippen LogP contribution in [0, 0.1) is 0 Å². The highest BCUT2D eigenvalue weighted by molar-refractivity contribution is 8.00. The van der Waals surface area contributed by atoms with Crippen LogP contribution in [-0.2, 0) is 34.6 Å². The second-order valence-electron chi connectivity index (χ2n) is 10.0. The lowest BCUT2D eigenvalue weighted by atomic mass is 9.87. The molecule has 0 spiro atoms. The SMILES string of the molecule is CC(C)(C)c1ccc(S(=O)(=O)NC(CCCC(=O)N[C@@H]2C(=O)N3C(C(=O)O)=C(CO)CS[C@@H]23)C(=O)O)cc1. The number of nitrogens with zero attached hydrogens (tertiary/aromatic N) is 1. The molecule has 0 saturated carbocycles. The maximum atomic E-state index is 12.7. The Morgan fingerprint density at radius 2 is 1.79 bits per heavy atom. The molecule has 208 valence electrons. The van der Waals surface area contributed by atoms with E-state index in [1.165, 1.54) is 23.9 Å². The van der Waals surface area contributed by atoms with Crippen LogP contribution in [0.1, 0.15) is 45.6 Å². The summed E-state index contributed by atoms with van der Waals surface area (Å²) in [5.41, 5.74) is 0.664. The number of hydrogen-bond acceptors (Lipinski definition) is 8. The van der Waals surface area contributed by atoms with Crippen molar-refractivity contribution in [1.29, 1.82) is 0 Å². The molecule has 12 nitrogen and oxygen atoms in total. The number of carboxylic acid groups (broad SMARTS) is 2. The summed E-state index contributed by atoms with van der Waals surface area (Å²) in [5.74, 6) is -3.71. The fourth-order valence-electron chi connectivity index (χ4n) is 4.14. The van der Waals surface area contributed by atoms with Gasteiger partial charge < -0.3 is 20.6 Å². The average Bonchev–Trinajstić information content (AvgIpc) is 2.84. The highest BCUT2D eigenvalue weighted by atomic mass is 32.2. The van der Waals surface area contributed by atoms with Crippen molar-refractivity contribution in [3.8, 4) is 0 Å². The standard InChI is InChI=1S/C24H31N3O9S2/c1-24(2,3)14-7-9-15(10-8-14)38(35,36)26-16(22(31)32)5-4-6-17(29)25-18-20(30)27-19(23(33)34)13(11-28)12-37-21(18)27/h7-10,16,18,21,26,28H,4-6,11-12H2,1-3H3,(H,25,29)(H,31,32)(H,33,34)/t16?,18-,21+/m1/s1. The summed E-state index contributed by atoms with van der Waals surface area (Å²) in [7, 11) is -4.13. The van der Waals surface area contributed by atoms with E-state index in [0.29, 0.717) is 0 Å². The summed E-state index contributed by atoms with van der Waals surface area (Å²) in [6, 6.07) is 3.74. The Morgan fingerprint density at radius 1 is 1.16 bits per heavy atom. The van der Waals surface area contributed by atoms with Gasteiger partial charge in [-0.25, -0.2) is 13.2 Å². The van der Waals surface area contributed by atoms with Crippen LogP contribution in [0.4, 0.5) is 0 Å². The molecule has 2 aliphatic rings. The van der Waals surface area contributed by atoms with E-state index < -0.39 is 57.8 Å². The number of benzene rings is 1. The van der Waals surface area contributed by atoms with Crippen molar-refractivity contribution in [3.05, 3.63) is 41.1 Å². The second-order valence-corrected chi connectivity index (χ2v) is 12.9. The first-order valence-electron chi connectivity index (χ1n) is 11.8. The Morgan fingerprint density at radius 3 is 2.32 bits per heavy atom. The van der Waals surface area contributed by atoms with E-state index in [2.05, 4.69) is 10.0 Å². The number of aliphatic hydroxyl groups is 1. The Kier molecular flexibility index (Phi) is 8.91. The average molecular weight is 570 g/mol. The van der Waals surface area contributed by atoms with Crippen molar-refractivity contribution in [3.63, 3.8) is 0 Å². The van der Waals surface area contributed by atoms with E-state index in [9.17, 15) is 42.9 Å². The second kappa shape index (κ2) is 11.4. The summed E-state index contributed by atoms with van der Waals surface area (Å²) in [6.45, 7) is 5.44. The lowest BCUT2D eigenvalue weighted by molar-refractivity contribution is -0.150. The van der Waals surface area contributed by atoms with Gasteiger partial charge in [0.1, 0.15) is 23.2 Å². The number of fused-ring (bicyclic) bond motifs is 1. The van der Waals surface area contributed by atoms with E-state index in [0.717, 1.165) is 10.5 Å². The summed E-state index contributed by atoms with van der Waals surface area (Å²) in [6.07, 6.45) is -0.321. The number of hydrogen-bond donors (Lipinski definition) is 5. The number of aliphatic carboxylic acids is 2. The number of carbonyl (C=O) groups excluding carboxylic acids is 2. The Hall–Kier alpha value is -2.94. The molecular weight excluding hydrogens is 538 g/mol. The number of sulfonamides is 1.